The fraction of sp³-hybridized carbons (Fsp3) is 0.929. The Hall–Kier alpha value is -0.730. The number of rotatable bonds is 5. The van der Waals surface area contributed by atoms with E-state index in [-0.39, 0.29) is 6.29 Å². The van der Waals surface area contributed by atoms with E-state index in [2.05, 4.69) is 12.1 Å². The van der Waals surface area contributed by atoms with E-state index in [1.807, 2.05) is 0 Å². The van der Waals surface area contributed by atoms with Crippen molar-refractivity contribution in [2.75, 3.05) is 6.61 Å². The fourth-order valence-electron chi connectivity index (χ4n) is 2.76. The molecule has 7 nitrogen and oxygen atoms in total. The van der Waals surface area contributed by atoms with Gasteiger partial charge in [-0.25, -0.2) is 0 Å². The maximum Gasteiger partial charge on any atom is 0.232 e. The van der Waals surface area contributed by atoms with E-state index >= 15 is 0 Å². The number of nitrogens with zero attached hydrogens (tertiary/aromatic N) is 1. The topological polar surface area (TPSA) is 78.7 Å². The summed E-state index contributed by atoms with van der Waals surface area (Å²) in [7, 11) is 0. The molecule has 3 aliphatic rings. The molecule has 0 aromatic rings. The maximum absolute atomic E-state index is 10.3. The molecule has 1 unspecified atom stereocenters. The van der Waals surface area contributed by atoms with Crippen molar-refractivity contribution in [3.8, 4) is 0 Å². The van der Waals surface area contributed by atoms with Crippen LogP contribution >= 0.6 is 0 Å². The summed E-state index contributed by atoms with van der Waals surface area (Å²) in [5.74, 6) is -0.735. The lowest BCUT2D eigenvalue weighted by Crippen LogP contribution is -2.38. The SMILES string of the molecule is CCCCOC1CC([C@H]2O[C@@H]3OC(C)(C)O[C@@H]3[C@H]2O)=NO1. The summed E-state index contributed by atoms with van der Waals surface area (Å²) in [5, 5.41) is 14.3. The standard InChI is InChI=1S/C14H23NO6/c1-4-5-6-17-9-7-8(15-21-9)11-10(16)12-13(18-11)20-14(2,3)19-12/h9-13,16H,4-7H2,1-3H3/t9?,10-,11+,12+,13+/m0/s1. The van der Waals surface area contributed by atoms with Gasteiger partial charge >= 0.3 is 0 Å². The van der Waals surface area contributed by atoms with Crippen LogP contribution in [0.15, 0.2) is 5.16 Å². The van der Waals surface area contributed by atoms with Crippen LogP contribution in [0.4, 0.5) is 0 Å². The van der Waals surface area contributed by atoms with E-state index in [0.717, 1.165) is 12.8 Å². The minimum Gasteiger partial charge on any atom is -0.387 e. The molecule has 0 spiro atoms. The van der Waals surface area contributed by atoms with Gasteiger partial charge in [-0.05, 0) is 20.3 Å². The summed E-state index contributed by atoms with van der Waals surface area (Å²) in [6, 6.07) is 0. The molecule has 2 saturated heterocycles. The van der Waals surface area contributed by atoms with Crippen molar-refractivity contribution in [2.24, 2.45) is 5.16 Å². The van der Waals surface area contributed by atoms with E-state index < -0.39 is 30.4 Å². The lowest BCUT2D eigenvalue weighted by atomic mass is 10.0. The van der Waals surface area contributed by atoms with Gasteiger partial charge < -0.3 is 28.9 Å². The Labute approximate surface area is 124 Å². The molecule has 0 saturated carbocycles. The zero-order valence-corrected chi connectivity index (χ0v) is 12.7. The van der Waals surface area contributed by atoms with Gasteiger partial charge in [-0.1, -0.05) is 18.5 Å². The predicted molar refractivity (Wildman–Crippen MR) is 72.5 cm³/mol. The number of fused-ring (bicyclic) bond motifs is 1. The molecule has 5 atom stereocenters. The van der Waals surface area contributed by atoms with Gasteiger partial charge in [0.25, 0.3) is 0 Å². The first-order valence-electron chi connectivity index (χ1n) is 7.53. The summed E-state index contributed by atoms with van der Waals surface area (Å²) in [6.07, 6.45) is -0.271. The second-order valence-corrected chi connectivity index (χ2v) is 6.06. The molecule has 3 heterocycles. The summed E-state index contributed by atoms with van der Waals surface area (Å²) < 4.78 is 22.6. The second kappa shape index (κ2) is 5.81. The van der Waals surface area contributed by atoms with Crippen molar-refractivity contribution in [1.82, 2.24) is 0 Å². The monoisotopic (exact) mass is 301 g/mol. The van der Waals surface area contributed by atoms with Gasteiger partial charge in [-0.2, -0.15) is 0 Å². The molecular formula is C14H23NO6. The third kappa shape index (κ3) is 3.07. The van der Waals surface area contributed by atoms with Gasteiger partial charge in [0.2, 0.25) is 6.29 Å². The van der Waals surface area contributed by atoms with Crippen molar-refractivity contribution >= 4 is 5.71 Å². The number of unbranched alkanes of at least 4 members (excludes halogenated alkanes) is 1. The minimum absolute atomic E-state index is 0.388. The Morgan fingerprint density at radius 1 is 1.38 bits per heavy atom. The van der Waals surface area contributed by atoms with Gasteiger partial charge in [-0.15, -0.1) is 0 Å². The summed E-state index contributed by atoms with van der Waals surface area (Å²) in [4.78, 5) is 5.23. The molecule has 21 heavy (non-hydrogen) atoms. The number of aliphatic hydroxyl groups excluding tert-OH is 1. The third-order valence-corrected chi connectivity index (χ3v) is 3.81. The Balaban J connectivity index is 1.53. The molecule has 7 heteroatoms. The summed E-state index contributed by atoms with van der Waals surface area (Å²) in [6.45, 7) is 6.34. The van der Waals surface area contributed by atoms with Gasteiger partial charge in [-0.3, -0.25) is 0 Å². The molecular weight excluding hydrogens is 278 g/mol. The van der Waals surface area contributed by atoms with Crippen molar-refractivity contribution in [3.05, 3.63) is 0 Å². The molecule has 1 N–H and O–H groups in total. The van der Waals surface area contributed by atoms with Crippen molar-refractivity contribution in [1.29, 1.82) is 0 Å². The molecule has 0 bridgehead atoms. The van der Waals surface area contributed by atoms with Gasteiger partial charge in [0.1, 0.15) is 18.3 Å². The van der Waals surface area contributed by atoms with Gasteiger partial charge in [0.15, 0.2) is 12.1 Å². The highest BCUT2D eigenvalue weighted by Crippen LogP contribution is 2.38. The Morgan fingerprint density at radius 3 is 2.90 bits per heavy atom. The van der Waals surface area contributed by atoms with Crippen LogP contribution in [0.2, 0.25) is 0 Å². The number of oxime groups is 1. The zero-order valence-electron chi connectivity index (χ0n) is 12.7. The average Bonchev–Trinajstić information content (AvgIpc) is 3.06. The van der Waals surface area contributed by atoms with Crippen LogP contribution in [0.5, 0.6) is 0 Å². The van der Waals surface area contributed by atoms with Gasteiger partial charge in [0, 0.05) is 0 Å². The first kappa shape index (κ1) is 15.2. The Morgan fingerprint density at radius 2 is 2.19 bits per heavy atom. The highest BCUT2D eigenvalue weighted by Gasteiger charge is 2.56. The molecule has 0 amide bonds. The van der Waals surface area contributed by atoms with Gasteiger partial charge in [0.05, 0.1) is 18.7 Å². The first-order valence-corrected chi connectivity index (χ1v) is 7.53. The number of ether oxygens (including phenoxy) is 4. The Kier molecular flexibility index (Phi) is 4.20. The molecule has 120 valence electrons. The van der Waals surface area contributed by atoms with E-state index in [0.29, 0.717) is 18.7 Å². The first-order chi connectivity index (χ1) is 10.00. The zero-order chi connectivity index (χ0) is 15.0. The quantitative estimate of drug-likeness (QED) is 0.767. The minimum atomic E-state index is -0.812. The highest BCUT2D eigenvalue weighted by molar-refractivity contribution is 5.90. The second-order valence-electron chi connectivity index (χ2n) is 6.06. The maximum atomic E-state index is 10.3. The van der Waals surface area contributed by atoms with Crippen molar-refractivity contribution < 1.29 is 28.9 Å². The normalized spacial score (nSPS) is 41.0. The summed E-state index contributed by atoms with van der Waals surface area (Å²) in [5.41, 5.74) is 0.642. The third-order valence-electron chi connectivity index (χ3n) is 3.81. The molecule has 3 rings (SSSR count). The van der Waals surface area contributed by atoms with Crippen LogP contribution in [0.3, 0.4) is 0 Å². The average molecular weight is 301 g/mol. The molecule has 3 aliphatic heterocycles. The van der Waals surface area contributed by atoms with E-state index in [4.69, 9.17) is 23.8 Å². The number of hydrogen-bond donors (Lipinski definition) is 1. The molecule has 0 radical (unpaired) electrons. The smallest absolute Gasteiger partial charge is 0.232 e. The lowest BCUT2D eigenvalue weighted by Gasteiger charge is -2.22. The molecule has 0 aromatic carbocycles. The molecule has 2 fully saturated rings. The van der Waals surface area contributed by atoms with Crippen LogP contribution in [0.1, 0.15) is 40.0 Å². The van der Waals surface area contributed by atoms with E-state index in [1.165, 1.54) is 0 Å². The van der Waals surface area contributed by atoms with Crippen molar-refractivity contribution in [2.45, 2.75) is 76.7 Å². The Bertz CT molecular complexity index is 412. The van der Waals surface area contributed by atoms with Crippen molar-refractivity contribution in [3.63, 3.8) is 0 Å². The lowest BCUT2D eigenvalue weighted by molar-refractivity contribution is -0.207. The largest absolute Gasteiger partial charge is 0.387 e. The van der Waals surface area contributed by atoms with E-state index in [9.17, 15) is 5.11 Å². The van der Waals surface area contributed by atoms with E-state index in [1.54, 1.807) is 13.8 Å². The van der Waals surface area contributed by atoms with Crippen LogP contribution in [-0.4, -0.2) is 54.1 Å². The highest BCUT2D eigenvalue weighted by atomic mass is 16.8. The predicted octanol–water partition coefficient (Wildman–Crippen LogP) is 1.14. The van der Waals surface area contributed by atoms with Crippen LogP contribution in [0, 0.1) is 0 Å². The molecule has 0 aliphatic carbocycles. The van der Waals surface area contributed by atoms with Crippen LogP contribution in [0.25, 0.3) is 0 Å². The number of aliphatic hydroxyl groups is 1. The number of hydrogen-bond acceptors (Lipinski definition) is 7. The molecule has 0 aromatic heterocycles. The van der Waals surface area contributed by atoms with Crippen LogP contribution < -0.4 is 0 Å². The van der Waals surface area contributed by atoms with Crippen LogP contribution in [-0.2, 0) is 23.8 Å². The fourth-order valence-corrected chi connectivity index (χ4v) is 2.76. The summed E-state index contributed by atoms with van der Waals surface area (Å²) >= 11 is 0.